The van der Waals surface area contributed by atoms with Crippen LogP contribution in [0.5, 0.6) is 5.75 Å². The number of carbonyl (C=O) groups is 1. The van der Waals surface area contributed by atoms with E-state index < -0.39 is 26.0 Å². The number of sulfonamides is 2. The molecule has 12 heteroatoms. The number of furan rings is 1. The molecule has 0 unspecified atom stereocenters. The molecule has 0 radical (unpaired) electrons. The monoisotopic (exact) mass is 471 g/mol. The van der Waals surface area contributed by atoms with Gasteiger partial charge in [-0.25, -0.2) is 21.1 Å². The lowest BCUT2D eigenvalue weighted by Gasteiger charge is -2.24. The number of carbonyl (C=O) groups excluding carboxylic acids is 1. The van der Waals surface area contributed by atoms with Gasteiger partial charge in [0.1, 0.15) is 5.75 Å². The van der Waals surface area contributed by atoms with Crippen molar-refractivity contribution in [2.24, 2.45) is 0 Å². The maximum Gasteiger partial charge on any atom is 0.291 e. The Hall–Kier alpha value is -2.41. The first kappa shape index (κ1) is 23.3. The Balaban J connectivity index is 1.85. The molecule has 31 heavy (non-hydrogen) atoms. The van der Waals surface area contributed by atoms with Gasteiger partial charge in [-0.2, -0.15) is 4.31 Å². The molecule has 3 rings (SSSR count). The Morgan fingerprint density at radius 1 is 1.06 bits per heavy atom. The summed E-state index contributed by atoms with van der Waals surface area (Å²) in [7, 11) is -3.39. The Kier molecular flexibility index (Phi) is 6.74. The van der Waals surface area contributed by atoms with Crippen molar-refractivity contribution in [2.75, 3.05) is 39.6 Å². The standard InChI is InChI=1S/C19H25N3O7S2/c1-21(2)30(24,25)14-7-8-16(28-3)15(13-14)20-19(23)17-9-10-18(29-17)31(26,27)22-11-5-4-6-12-22/h7-10,13H,4-6,11-12H2,1-3H3,(H,20,23). The van der Waals surface area contributed by atoms with E-state index in [2.05, 4.69) is 5.32 Å². The Labute approximate surface area is 181 Å². The zero-order valence-electron chi connectivity index (χ0n) is 17.5. The summed E-state index contributed by atoms with van der Waals surface area (Å²) < 4.78 is 63.1. The third-order valence-corrected chi connectivity index (χ3v) is 8.50. The molecule has 0 spiro atoms. The van der Waals surface area contributed by atoms with Gasteiger partial charge in [-0.05, 0) is 43.2 Å². The molecule has 1 saturated heterocycles. The third-order valence-electron chi connectivity index (χ3n) is 4.91. The highest BCUT2D eigenvalue weighted by Gasteiger charge is 2.30. The first-order valence-corrected chi connectivity index (χ1v) is 12.5. The lowest BCUT2D eigenvalue weighted by Crippen LogP contribution is -2.35. The first-order valence-electron chi connectivity index (χ1n) is 9.59. The molecular weight excluding hydrogens is 446 g/mol. The van der Waals surface area contributed by atoms with E-state index in [1.165, 1.54) is 55.8 Å². The number of hydrogen-bond acceptors (Lipinski definition) is 7. The van der Waals surface area contributed by atoms with Gasteiger partial charge in [0, 0.05) is 27.2 Å². The molecule has 0 bridgehead atoms. The van der Waals surface area contributed by atoms with Gasteiger partial charge in [-0.15, -0.1) is 0 Å². The maximum atomic E-state index is 12.7. The molecular formula is C19H25N3O7S2. The quantitative estimate of drug-likeness (QED) is 0.654. The van der Waals surface area contributed by atoms with Crippen molar-refractivity contribution in [1.82, 2.24) is 8.61 Å². The van der Waals surface area contributed by atoms with Gasteiger partial charge in [-0.1, -0.05) is 6.42 Å². The Bertz CT molecular complexity index is 1160. The second kappa shape index (κ2) is 8.99. The van der Waals surface area contributed by atoms with Crippen LogP contribution < -0.4 is 10.1 Å². The number of amides is 1. The predicted octanol–water partition coefficient (Wildman–Crippen LogP) is 1.97. The van der Waals surface area contributed by atoms with Crippen molar-refractivity contribution in [3.63, 3.8) is 0 Å². The van der Waals surface area contributed by atoms with E-state index in [4.69, 9.17) is 9.15 Å². The smallest absolute Gasteiger partial charge is 0.291 e. The highest BCUT2D eigenvalue weighted by molar-refractivity contribution is 7.89. The molecule has 2 aromatic rings. The largest absolute Gasteiger partial charge is 0.495 e. The summed E-state index contributed by atoms with van der Waals surface area (Å²) in [6, 6.07) is 6.54. The van der Waals surface area contributed by atoms with Crippen LogP contribution in [0.25, 0.3) is 0 Å². The summed E-state index contributed by atoms with van der Waals surface area (Å²) in [6.07, 6.45) is 2.53. The summed E-state index contributed by atoms with van der Waals surface area (Å²) in [5, 5.41) is 2.21. The number of anilines is 1. The lowest BCUT2D eigenvalue weighted by atomic mass is 10.2. The van der Waals surface area contributed by atoms with Crippen LogP contribution in [0.2, 0.25) is 0 Å². The average molecular weight is 472 g/mol. The zero-order valence-corrected chi connectivity index (χ0v) is 19.1. The molecule has 2 heterocycles. The van der Waals surface area contributed by atoms with Crippen molar-refractivity contribution in [2.45, 2.75) is 29.3 Å². The van der Waals surface area contributed by atoms with Crippen LogP contribution in [-0.4, -0.2) is 65.6 Å². The predicted molar refractivity (Wildman–Crippen MR) is 113 cm³/mol. The minimum absolute atomic E-state index is 0.0404. The molecule has 1 aliphatic rings. The number of hydrogen-bond donors (Lipinski definition) is 1. The van der Waals surface area contributed by atoms with Crippen molar-refractivity contribution in [3.05, 3.63) is 36.1 Å². The second-order valence-corrected chi connectivity index (χ2v) is 11.2. The van der Waals surface area contributed by atoms with Gasteiger partial charge >= 0.3 is 0 Å². The first-order chi connectivity index (χ1) is 14.6. The zero-order chi connectivity index (χ0) is 22.8. The van der Waals surface area contributed by atoms with Crippen molar-refractivity contribution < 1.29 is 30.8 Å². The molecule has 0 saturated carbocycles. The van der Waals surface area contributed by atoms with Crippen molar-refractivity contribution >= 4 is 31.6 Å². The van der Waals surface area contributed by atoms with Gasteiger partial charge in [0.05, 0.1) is 17.7 Å². The van der Waals surface area contributed by atoms with Crippen LogP contribution in [0.15, 0.2) is 44.7 Å². The number of nitrogens with zero attached hydrogens (tertiary/aromatic N) is 2. The van der Waals surface area contributed by atoms with Gasteiger partial charge in [0.25, 0.3) is 15.9 Å². The topological polar surface area (TPSA) is 126 Å². The van der Waals surface area contributed by atoms with Gasteiger partial charge < -0.3 is 14.5 Å². The number of ether oxygens (including phenoxy) is 1. The summed E-state index contributed by atoms with van der Waals surface area (Å²) in [5.74, 6) is -0.727. The van der Waals surface area contributed by atoms with Crippen LogP contribution in [0.1, 0.15) is 29.8 Å². The highest BCUT2D eigenvalue weighted by atomic mass is 32.2. The summed E-state index contributed by atoms with van der Waals surface area (Å²) >= 11 is 0. The third kappa shape index (κ3) is 4.76. The molecule has 1 amide bonds. The fraction of sp³-hybridized carbons (Fsp3) is 0.421. The molecule has 0 atom stereocenters. The van der Waals surface area contributed by atoms with Gasteiger partial charge in [-0.3, -0.25) is 4.79 Å². The molecule has 0 aliphatic carbocycles. The molecule has 1 aromatic heterocycles. The highest BCUT2D eigenvalue weighted by Crippen LogP contribution is 2.29. The van der Waals surface area contributed by atoms with Crippen LogP contribution in [0, 0.1) is 0 Å². The van der Waals surface area contributed by atoms with Gasteiger partial charge in [0.15, 0.2) is 5.76 Å². The minimum Gasteiger partial charge on any atom is -0.495 e. The van der Waals surface area contributed by atoms with E-state index in [0.717, 1.165) is 23.6 Å². The van der Waals surface area contributed by atoms with Gasteiger partial charge in [0.2, 0.25) is 15.1 Å². The van der Waals surface area contributed by atoms with E-state index >= 15 is 0 Å². The number of nitrogens with one attached hydrogen (secondary N) is 1. The van der Waals surface area contributed by atoms with E-state index in [9.17, 15) is 21.6 Å². The van der Waals surface area contributed by atoms with E-state index in [-0.39, 0.29) is 27.2 Å². The van der Waals surface area contributed by atoms with Crippen LogP contribution >= 0.6 is 0 Å². The summed E-state index contributed by atoms with van der Waals surface area (Å²) in [5.41, 5.74) is 0.104. The van der Waals surface area contributed by atoms with Crippen LogP contribution in [-0.2, 0) is 20.0 Å². The molecule has 1 aromatic carbocycles. The molecule has 1 aliphatic heterocycles. The fourth-order valence-corrected chi connectivity index (χ4v) is 5.51. The number of piperidine rings is 1. The molecule has 170 valence electrons. The van der Waals surface area contributed by atoms with Crippen molar-refractivity contribution in [3.8, 4) is 5.75 Å². The summed E-state index contributed by atoms with van der Waals surface area (Å²) in [4.78, 5) is 12.6. The second-order valence-electron chi connectivity index (χ2n) is 7.19. The molecule has 10 nitrogen and oxygen atoms in total. The van der Waals surface area contributed by atoms with Crippen LogP contribution in [0.4, 0.5) is 5.69 Å². The van der Waals surface area contributed by atoms with E-state index in [0.29, 0.717) is 13.1 Å². The van der Waals surface area contributed by atoms with E-state index in [1.807, 2.05) is 0 Å². The van der Waals surface area contributed by atoms with Crippen molar-refractivity contribution in [1.29, 1.82) is 0 Å². The number of benzene rings is 1. The average Bonchev–Trinajstić information content (AvgIpc) is 3.25. The molecule has 1 fully saturated rings. The Morgan fingerprint density at radius 3 is 2.35 bits per heavy atom. The Morgan fingerprint density at radius 2 is 1.74 bits per heavy atom. The number of rotatable bonds is 7. The lowest BCUT2D eigenvalue weighted by molar-refractivity contribution is 0.0991. The maximum absolute atomic E-state index is 12.7. The molecule has 1 N–H and O–H groups in total. The fourth-order valence-electron chi connectivity index (χ4n) is 3.15. The summed E-state index contributed by atoms with van der Waals surface area (Å²) in [6.45, 7) is 0.823. The van der Waals surface area contributed by atoms with E-state index in [1.54, 1.807) is 0 Å². The SMILES string of the molecule is COc1ccc(S(=O)(=O)N(C)C)cc1NC(=O)c1ccc(S(=O)(=O)N2CCCCC2)o1. The number of methoxy groups -OCH3 is 1. The van der Waals surface area contributed by atoms with Crippen LogP contribution in [0.3, 0.4) is 0 Å². The minimum atomic E-state index is -3.82. The normalized spacial score (nSPS) is 15.7.